The minimum Gasteiger partial charge on any atom is -0.486 e. The quantitative estimate of drug-likeness (QED) is 0.797. The average molecular weight is 377 g/mol. The van der Waals surface area contributed by atoms with E-state index in [1.807, 2.05) is 0 Å². The van der Waals surface area contributed by atoms with Crippen molar-refractivity contribution in [2.45, 2.75) is 23.8 Å². The number of benzene rings is 1. The minimum atomic E-state index is -3.64. The van der Waals surface area contributed by atoms with Gasteiger partial charge in [0.25, 0.3) is 0 Å². The Morgan fingerprint density at radius 2 is 2.00 bits per heavy atom. The molecule has 3 heterocycles. The van der Waals surface area contributed by atoms with Gasteiger partial charge in [-0.2, -0.15) is 4.31 Å². The summed E-state index contributed by atoms with van der Waals surface area (Å²) in [6, 6.07) is 4.71. The van der Waals surface area contributed by atoms with Gasteiger partial charge in [-0.25, -0.2) is 13.4 Å². The summed E-state index contributed by atoms with van der Waals surface area (Å²) in [5, 5.41) is 0. The van der Waals surface area contributed by atoms with Crippen LogP contribution in [0, 0.1) is 0 Å². The highest BCUT2D eigenvalue weighted by molar-refractivity contribution is 7.89. The molecule has 8 nitrogen and oxygen atoms in total. The highest BCUT2D eigenvalue weighted by Crippen LogP contribution is 2.33. The third-order valence-electron chi connectivity index (χ3n) is 4.32. The summed E-state index contributed by atoms with van der Waals surface area (Å²) in [7, 11) is -3.64. The zero-order valence-corrected chi connectivity index (χ0v) is 14.9. The van der Waals surface area contributed by atoms with E-state index < -0.39 is 10.0 Å². The van der Waals surface area contributed by atoms with Crippen LogP contribution in [0.2, 0.25) is 0 Å². The fourth-order valence-electron chi connectivity index (χ4n) is 3.07. The number of fused-ring (bicyclic) bond motifs is 1. The molecule has 26 heavy (non-hydrogen) atoms. The second-order valence-electron chi connectivity index (χ2n) is 6.09. The van der Waals surface area contributed by atoms with Crippen LogP contribution in [0.25, 0.3) is 0 Å². The van der Waals surface area contributed by atoms with Crippen molar-refractivity contribution in [1.82, 2.24) is 14.3 Å². The maximum absolute atomic E-state index is 13.0. The molecule has 1 atom stereocenters. The van der Waals surface area contributed by atoms with Crippen molar-refractivity contribution < 1.29 is 22.6 Å². The minimum absolute atomic E-state index is 0.196. The summed E-state index contributed by atoms with van der Waals surface area (Å²) in [5.74, 6) is 1.43. The van der Waals surface area contributed by atoms with Gasteiger partial charge in [0.05, 0.1) is 17.6 Å². The number of ether oxygens (including phenoxy) is 3. The first-order chi connectivity index (χ1) is 12.6. The van der Waals surface area contributed by atoms with Gasteiger partial charge in [-0.3, -0.25) is 4.98 Å². The van der Waals surface area contributed by atoms with Gasteiger partial charge in [0.2, 0.25) is 15.9 Å². The van der Waals surface area contributed by atoms with E-state index >= 15 is 0 Å². The van der Waals surface area contributed by atoms with Crippen LogP contribution in [0.3, 0.4) is 0 Å². The molecule has 1 aromatic carbocycles. The molecule has 1 aromatic heterocycles. The zero-order valence-electron chi connectivity index (χ0n) is 14.1. The lowest BCUT2D eigenvalue weighted by atomic mass is 10.1. The molecular formula is C17H19N3O5S. The average Bonchev–Trinajstić information content (AvgIpc) is 2.68. The molecule has 1 saturated heterocycles. The van der Waals surface area contributed by atoms with Gasteiger partial charge in [-0.15, -0.1) is 0 Å². The fourth-order valence-corrected chi connectivity index (χ4v) is 4.60. The smallest absolute Gasteiger partial charge is 0.243 e. The Bertz CT molecular complexity index is 875. The van der Waals surface area contributed by atoms with Crippen LogP contribution >= 0.6 is 0 Å². The van der Waals surface area contributed by atoms with Crippen molar-refractivity contribution in [2.75, 3.05) is 26.3 Å². The van der Waals surface area contributed by atoms with Crippen molar-refractivity contribution in [3.05, 3.63) is 36.8 Å². The number of rotatable bonds is 4. The van der Waals surface area contributed by atoms with Crippen molar-refractivity contribution in [3.8, 4) is 17.4 Å². The van der Waals surface area contributed by atoms with E-state index in [0.29, 0.717) is 43.6 Å². The van der Waals surface area contributed by atoms with Crippen LogP contribution in [-0.2, 0) is 10.0 Å². The topological polar surface area (TPSA) is 90.9 Å². The first-order valence-electron chi connectivity index (χ1n) is 8.45. The Morgan fingerprint density at radius 3 is 2.81 bits per heavy atom. The third-order valence-corrected chi connectivity index (χ3v) is 6.18. The van der Waals surface area contributed by atoms with Crippen LogP contribution in [-0.4, -0.2) is 55.1 Å². The monoisotopic (exact) mass is 377 g/mol. The lowest BCUT2D eigenvalue weighted by molar-refractivity contribution is 0.124. The molecule has 0 aliphatic carbocycles. The molecule has 2 aliphatic rings. The predicted octanol–water partition coefficient (Wildman–Crippen LogP) is 1.48. The van der Waals surface area contributed by atoms with E-state index in [1.54, 1.807) is 24.5 Å². The molecule has 0 N–H and O–H groups in total. The molecule has 0 bridgehead atoms. The Morgan fingerprint density at radius 1 is 1.15 bits per heavy atom. The van der Waals surface area contributed by atoms with E-state index in [9.17, 15) is 8.42 Å². The SMILES string of the molecule is O=S(=O)(c1ccc2c(c1)OCCO2)N1CCCC(Oc2cnccn2)C1. The molecule has 4 rings (SSSR count). The second kappa shape index (κ2) is 7.08. The lowest BCUT2D eigenvalue weighted by Crippen LogP contribution is -2.44. The van der Waals surface area contributed by atoms with Gasteiger partial charge in [0.15, 0.2) is 11.5 Å². The first kappa shape index (κ1) is 17.0. The maximum atomic E-state index is 13.0. The normalized spacial score (nSPS) is 20.5. The molecule has 0 spiro atoms. The summed E-state index contributed by atoms with van der Waals surface area (Å²) in [4.78, 5) is 8.24. The Balaban J connectivity index is 1.52. The van der Waals surface area contributed by atoms with E-state index in [0.717, 1.165) is 6.42 Å². The Kier molecular flexibility index (Phi) is 4.64. The maximum Gasteiger partial charge on any atom is 0.243 e. The second-order valence-corrected chi connectivity index (χ2v) is 8.03. The molecule has 0 amide bonds. The van der Waals surface area contributed by atoms with E-state index in [1.165, 1.54) is 16.6 Å². The predicted molar refractivity (Wildman–Crippen MR) is 91.9 cm³/mol. The van der Waals surface area contributed by atoms with Crippen LogP contribution in [0.15, 0.2) is 41.7 Å². The van der Waals surface area contributed by atoms with E-state index in [4.69, 9.17) is 14.2 Å². The molecule has 9 heteroatoms. The molecule has 0 radical (unpaired) electrons. The van der Waals surface area contributed by atoms with Crippen LogP contribution < -0.4 is 14.2 Å². The number of nitrogens with zero attached hydrogens (tertiary/aromatic N) is 3. The van der Waals surface area contributed by atoms with Gasteiger partial charge in [0, 0.05) is 25.0 Å². The van der Waals surface area contributed by atoms with Crippen molar-refractivity contribution in [2.24, 2.45) is 0 Å². The van der Waals surface area contributed by atoms with Gasteiger partial charge < -0.3 is 14.2 Å². The molecule has 2 aliphatic heterocycles. The van der Waals surface area contributed by atoms with Gasteiger partial charge in [-0.05, 0) is 25.0 Å². The standard InChI is InChI=1S/C17H19N3O5S/c21-26(22,14-3-4-15-16(10-14)24-9-8-23-15)20-7-1-2-13(12-20)25-17-11-18-5-6-19-17/h3-6,10-11,13H,1-2,7-9,12H2. The summed E-state index contributed by atoms with van der Waals surface area (Å²) in [6.45, 7) is 1.60. The molecule has 1 unspecified atom stereocenters. The van der Waals surface area contributed by atoms with E-state index in [-0.39, 0.29) is 17.5 Å². The fraction of sp³-hybridized carbons (Fsp3) is 0.412. The van der Waals surface area contributed by atoms with Gasteiger partial charge in [-0.1, -0.05) is 0 Å². The molecular weight excluding hydrogens is 358 g/mol. The third kappa shape index (κ3) is 3.45. The Labute approximate surface area is 151 Å². The number of hydrogen-bond donors (Lipinski definition) is 0. The van der Waals surface area contributed by atoms with Crippen molar-refractivity contribution in [1.29, 1.82) is 0 Å². The van der Waals surface area contributed by atoms with Gasteiger partial charge >= 0.3 is 0 Å². The highest BCUT2D eigenvalue weighted by Gasteiger charge is 2.32. The summed E-state index contributed by atoms with van der Waals surface area (Å²) >= 11 is 0. The van der Waals surface area contributed by atoms with Gasteiger partial charge in [0.1, 0.15) is 19.3 Å². The number of sulfonamides is 1. The van der Waals surface area contributed by atoms with Crippen LogP contribution in [0.1, 0.15) is 12.8 Å². The lowest BCUT2D eigenvalue weighted by Gasteiger charge is -2.32. The highest BCUT2D eigenvalue weighted by atomic mass is 32.2. The number of piperidine rings is 1. The molecule has 138 valence electrons. The largest absolute Gasteiger partial charge is 0.486 e. The number of hydrogen-bond acceptors (Lipinski definition) is 7. The molecule has 1 fully saturated rings. The van der Waals surface area contributed by atoms with Crippen molar-refractivity contribution in [3.63, 3.8) is 0 Å². The van der Waals surface area contributed by atoms with Crippen molar-refractivity contribution >= 4 is 10.0 Å². The zero-order chi connectivity index (χ0) is 18.0. The van der Waals surface area contributed by atoms with Crippen LogP contribution in [0.4, 0.5) is 0 Å². The summed E-state index contributed by atoms with van der Waals surface area (Å²) < 4.78 is 44.2. The molecule has 0 saturated carbocycles. The first-order valence-corrected chi connectivity index (χ1v) is 9.89. The van der Waals surface area contributed by atoms with E-state index in [2.05, 4.69) is 9.97 Å². The number of aromatic nitrogens is 2. The summed E-state index contributed by atoms with van der Waals surface area (Å²) in [6.07, 6.45) is 5.86. The Hall–Kier alpha value is -2.39. The van der Waals surface area contributed by atoms with Crippen LogP contribution in [0.5, 0.6) is 17.4 Å². The summed E-state index contributed by atoms with van der Waals surface area (Å²) in [5.41, 5.74) is 0. The molecule has 2 aromatic rings.